The molecule has 0 aromatic carbocycles. The van der Waals surface area contributed by atoms with Gasteiger partial charge in [0.25, 0.3) is 5.82 Å². The number of nitrogens with two attached hydrogens (primary N) is 1. The van der Waals surface area contributed by atoms with Crippen LogP contribution in [0.5, 0.6) is 0 Å². The normalized spacial score (nSPS) is 11.9. The highest BCUT2D eigenvalue weighted by molar-refractivity contribution is 5.58. The van der Waals surface area contributed by atoms with Crippen molar-refractivity contribution in [1.29, 1.82) is 0 Å². The minimum absolute atomic E-state index is 0.0820. The molecule has 0 unspecified atom stereocenters. The highest BCUT2D eigenvalue weighted by Crippen LogP contribution is 2.29. The van der Waals surface area contributed by atoms with Gasteiger partial charge in [-0.2, -0.15) is 17.7 Å². The van der Waals surface area contributed by atoms with Crippen molar-refractivity contribution in [3.8, 4) is 0 Å². The predicted molar refractivity (Wildman–Crippen MR) is 81.2 cm³/mol. The number of nitrogens with zero attached hydrogens (tertiary/aromatic N) is 5. The molecule has 3 aromatic heterocycles. The zero-order valence-electron chi connectivity index (χ0n) is 12.9. The van der Waals surface area contributed by atoms with E-state index >= 15 is 0 Å². The second kappa shape index (κ2) is 5.62. The fraction of sp³-hybridized carbons (Fsp3) is 0.286. The van der Waals surface area contributed by atoms with Gasteiger partial charge in [-0.3, -0.25) is 0 Å². The third-order valence-electron chi connectivity index (χ3n) is 3.65. The summed E-state index contributed by atoms with van der Waals surface area (Å²) in [6.07, 6.45) is -3.08. The number of pyridine rings is 1. The second-order valence-corrected chi connectivity index (χ2v) is 5.30. The molecule has 3 heterocycles. The maximum atomic E-state index is 13.0. The van der Waals surface area contributed by atoms with Crippen molar-refractivity contribution in [3.05, 3.63) is 40.8 Å². The largest absolute Gasteiger partial charge is 0.453 e. The van der Waals surface area contributed by atoms with Crippen LogP contribution >= 0.6 is 0 Å². The fourth-order valence-electron chi connectivity index (χ4n) is 2.26. The Morgan fingerprint density at radius 3 is 2.62 bits per heavy atom. The Bertz CT molecular complexity index is 901. The molecule has 7 nitrogen and oxygen atoms in total. The van der Waals surface area contributed by atoms with E-state index in [4.69, 9.17) is 5.73 Å². The molecule has 0 amide bonds. The molecule has 24 heavy (non-hydrogen) atoms. The molecule has 126 valence electrons. The van der Waals surface area contributed by atoms with Crippen molar-refractivity contribution < 1.29 is 13.2 Å². The lowest BCUT2D eigenvalue weighted by molar-refractivity contribution is -0.146. The zero-order valence-corrected chi connectivity index (χ0v) is 12.9. The highest BCUT2D eigenvalue weighted by Gasteiger charge is 2.38. The SMILES string of the molecule is Cc1c(NCc2ccnc(N)c2)nn2c(C(F)(F)F)nnc2c1C. The number of rotatable bonds is 3. The average molecular weight is 337 g/mol. The van der Waals surface area contributed by atoms with E-state index in [0.717, 1.165) is 5.56 Å². The Morgan fingerprint density at radius 2 is 1.96 bits per heavy atom. The molecule has 3 rings (SSSR count). The van der Waals surface area contributed by atoms with Gasteiger partial charge in [-0.1, -0.05) is 0 Å². The van der Waals surface area contributed by atoms with Gasteiger partial charge in [0.15, 0.2) is 11.5 Å². The summed E-state index contributed by atoms with van der Waals surface area (Å²) in [7, 11) is 0. The van der Waals surface area contributed by atoms with E-state index in [2.05, 4.69) is 25.6 Å². The maximum Gasteiger partial charge on any atom is 0.453 e. The van der Waals surface area contributed by atoms with E-state index in [1.807, 2.05) is 0 Å². The fourth-order valence-corrected chi connectivity index (χ4v) is 2.26. The van der Waals surface area contributed by atoms with Gasteiger partial charge in [0.1, 0.15) is 5.82 Å². The van der Waals surface area contributed by atoms with Gasteiger partial charge in [0.2, 0.25) is 0 Å². The molecule has 0 aliphatic carbocycles. The quantitative estimate of drug-likeness (QED) is 0.762. The van der Waals surface area contributed by atoms with Crippen LogP contribution in [-0.4, -0.2) is 24.8 Å². The van der Waals surface area contributed by atoms with Crippen molar-refractivity contribution in [2.45, 2.75) is 26.6 Å². The van der Waals surface area contributed by atoms with Crippen LogP contribution in [-0.2, 0) is 12.7 Å². The number of alkyl halides is 3. The van der Waals surface area contributed by atoms with E-state index in [-0.39, 0.29) is 5.65 Å². The Hall–Kier alpha value is -2.91. The van der Waals surface area contributed by atoms with Crippen LogP contribution in [0.4, 0.5) is 24.8 Å². The summed E-state index contributed by atoms with van der Waals surface area (Å²) in [5.74, 6) is -0.471. The molecule has 10 heteroatoms. The van der Waals surface area contributed by atoms with Crippen molar-refractivity contribution in [1.82, 2.24) is 24.8 Å². The lowest BCUT2D eigenvalue weighted by Gasteiger charge is -2.12. The Morgan fingerprint density at radius 1 is 1.21 bits per heavy atom. The third kappa shape index (κ3) is 2.82. The second-order valence-electron chi connectivity index (χ2n) is 5.30. The lowest BCUT2D eigenvalue weighted by atomic mass is 10.2. The first-order valence-corrected chi connectivity index (χ1v) is 7.01. The summed E-state index contributed by atoms with van der Waals surface area (Å²) in [5.41, 5.74) is 7.80. The first-order valence-electron chi connectivity index (χ1n) is 7.01. The van der Waals surface area contributed by atoms with Crippen molar-refractivity contribution in [3.63, 3.8) is 0 Å². The summed E-state index contributed by atoms with van der Waals surface area (Å²) < 4.78 is 39.7. The molecule has 0 saturated carbocycles. The van der Waals surface area contributed by atoms with Crippen LogP contribution in [0.15, 0.2) is 18.3 Å². The van der Waals surface area contributed by atoms with Crippen LogP contribution in [0, 0.1) is 13.8 Å². The van der Waals surface area contributed by atoms with Gasteiger partial charge in [-0.25, -0.2) is 4.98 Å². The number of aromatic nitrogens is 5. The van der Waals surface area contributed by atoms with E-state index in [9.17, 15) is 13.2 Å². The number of hydrogen-bond acceptors (Lipinski definition) is 6. The van der Waals surface area contributed by atoms with E-state index < -0.39 is 12.0 Å². The molecule has 0 aliphatic heterocycles. The third-order valence-corrected chi connectivity index (χ3v) is 3.65. The predicted octanol–water partition coefficient (Wildman–Crippen LogP) is 2.35. The van der Waals surface area contributed by atoms with Crippen molar-refractivity contribution >= 4 is 17.3 Å². The highest BCUT2D eigenvalue weighted by atomic mass is 19.4. The first kappa shape index (κ1) is 16.0. The van der Waals surface area contributed by atoms with Crippen LogP contribution in [0.3, 0.4) is 0 Å². The Kier molecular flexibility index (Phi) is 3.74. The molecule has 0 aliphatic rings. The van der Waals surface area contributed by atoms with Crippen LogP contribution < -0.4 is 11.1 Å². The zero-order chi connectivity index (χ0) is 17.5. The van der Waals surface area contributed by atoms with Gasteiger partial charge in [-0.15, -0.1) is 15.3 Å². The van der Waals surface area contributed by atoms with Crippen LogP contribution in [0.1, 0.15) is 22.5 Å². The van der Waals surface area contributed by atoms with Crippen LogP contribution in [0.25, 0.3) is 5.65 Å². The molecule has 0 radical (unpaired) electrons. The molecule has 3 N–H and O–H groups in total. The standard InChI is InChI=1S/C14H14F3N7/c1-7-8(2)12-21-22-13(14(15,16)17)24(12)23-11(7)20-6-9-3-4-19-10(18)5-9/h3-5H,6H2,1-2H3,(H2,18,19)(H,20,23). The monoisotopic (exact) mass is 337 g/mol. The van der Waals surface area contributed by atoms with E-state index in [1.54, 1.807) is 32.2 Å². The van der Waals surface area contributed by atoms with Gasteiger partial charge >= 0.3 is 6.18 Å². The number of nitrogen functional groups attached to an aromatic ring is 1. The molecular weight excluding hydrogens is 323 g/mol. The number of fused-ring (bicyclic) bond motifs is 1. The van der Waals surface area contributed by atoms with Gasteiger partial charge in [-0.05, 0) is 37.1 Å². The summed E-state index contributed by atoms with van der Waals surface area (Å²) in [5, 5.41) is 13.8. The van der Waals surface area contributed by atoms with Crippen LogP contribution in [0.2, 0.25) is 0 Å². The molecule has 3 aromatic rings. The molecule has 0 saturated heterocycles. The number of hydrogen-bond donors (Lipinski definition) is 2. The minimum atomic E-state index is -4.63. The van der Waals surface area contributed by atoms with Gasteiger partial charge in [0.05, 0.1) is 0 Å². The molecule has 0 fully saturated rings. The van der Waals surface area contributed by atoms with E-state index in [0.29, 0.717) is 33.8 Å². The number of nitrogens with one attached hydrogen (secondary N) is 1. The number of halogens is 3. The van der Waals surface area contributed by atoms with Gasteiger partial charge in [0, 0.05) is 18.3 Å². The molecule has 0 atom stereocenters. The Balaban J connectivity index is 2.00. The minimum Gasteiger partial charge on any atom is -0.384 e. The van der Waals surface area contributed by atoms with E-state index in [1.165, 1.54) is 0 Å². The summed E-state index contributed by atoms with van der Waals surface area (Å²) in [6.45, 7) is 3.78. The average Bonchev–Trinajstić information content (AvgIpc) is 2.93. The lowest BCUT2D eigenvalue weighted by Crippen LogP contribution is -2.15. The summed E-state index contributed by atoms with van der Waals surface area (Å²) in [6, 6.07) is 3.43. The molecular formula is C14H14F3N7. The topological polar surface area (TPSA) is 94.0 Å². The summed E-state index contributed by atoms with van der Waals surface area (Å²) in [4.78, 5) is 3.89. The van der Waals surface area contributed by atoms with Crippen molar-refractivity contribution in [2.24, 2.45) is 0 Å². The van der Waals surface area contributed by atoms with Crippen molar-refractivity contribution in [2.75, 3.05) is 11.1 Å². The smallest absolute Gasteiger partial charge is 0.384 e. The molecule has 0 spiro atoms. The molecule has 0 bridgehead atoms. The van der Waals surface area contributed by atoms with Gasteiger partial charge < -0.3 is 11.1 Å². The number of aryl methyl sites for hydroxylation is 1. The maximum absolute atomic E-state index is 13.0. The summed E-state index contributed by atoms with van der Waals surface area (Å²) >= 11 is 0. The Labute approximate surface area is 134 Å². The number of anilines is 2. The first-order chi connectivity index (χ1) is 11.3.